The van der Waals surface area contributed by atoms with E-state index < -0.39 is 0 Å². The Morgan fingerprint density at radius 1 is 1.19 bits per heavy atom. The molecule has 2 heteroatoms. The SMILES string of the molecule is COCC(C)NC1CCC2(CCCC2)CC1. The largest absolute Gasteiger partial charge is 0.383 e. The van der Waals surface area contributed by atoms with Gasteiger partial charge in [0.2, 0.25) is 0 Å². The molecule has 2 saturated carbocycles. The molecule has 0 heterocycles. The van der Waals surface area contributed by atoms with E-state index in [0.29, 0.717) is 6.04 Å². The van der Waals surface area contributed by atoms with E-state index in [-0.39, 0.29) is 0 Å². The smallest absolute Gasteiger partial charge is 0.0613 e. The first-order valence-electron chi connectivity index (χ1n) is 6.99. The van der Waals surface area contributed by atoms with Crippen LogP contribution in [0.5, 0.6) is 0 Å². The molecule has 0 saturated heterocycles. The van der Waals surface area contributed by atoms with E-state index in [1.165, 1.54) is 51.4 Å². The molecular formula is C14H27NO. The molecule has 2 aliphatic rings. The molecule has 0 aromatic carbocycles. The van der Waals surface area contributed by atoms with Gasteiger partial charge >= 0.3 is 0 Å². The zero-order chi connectivity index (χ0) is 11.4. The van der Waals surface area contributed by atoms with Crippen molar-refractivity contribution < 1.29 is 4.74 Å². The van der Waals surface area contributed by atoms with Crippen LogP contribution in [0.1, 0.15) is 58.3 Å². The summed E-state index contributed by atoms with van der Waals surface area (Å²) in [6, 6.07) is 1.25. The molecule has 0 radical (unpaired) electrons. The average Bonchev–Trinajstić information content (AvgIpc) is 2.71. The minimum Gasteiger partial charge on any atom is -0.383 e. The summed E-state index contributed by atoms with van der Waals surface area (Å²) in [4.78, 5) is 0. The average molecular weight is 225 g/mol. The second-order valence-electron chi connectivity index (χ2n) is 6.00. The number of hydrogen-bond acceptors (Lipinski definition) is 2. The number of methoxy groups -OCH3 is 1. The Morgan fingerprint density at radius 3 is 2.38 bits per heavy atom. The second kappa shape index (κ2) is 5.50. The van der Waals surface area contributed by atoms with Crippen LogP contribution in [0, 0.1) is 5.41 Å². The third kappa shape index (κ3) is 2.98. The van der Waals surface area contributed by atoms with Gasteiger partial charge in [-0.05, 0) is 50.9 Å². The van der Waals surface area contributed by atoms with Crippen LogP contribution < -0.4 is 5.32 Å². The molecule has 16 heavy (non-hydrogen) atoms. The first-order valence-corrected chi connectivity index (χ1v) is 6.99. The highest BCUT2D eigenvalue weighted by molar-refractivity contribution is 4.91. The molecule has 2 rings (SSSR count). The highest BCUT2D eigenvalue weighted by atomic mass is 16.5. The van der Waals surface area contributed by atoms with Crippen molar-refractivity contribution in [3.05, 3.63) is 0 Å². The zero-order valence-corrected chi connectivity index (χ0v) is 10.9. The van der Waals surface area contributed by atoms with Gasteiger partial charge in [-0.25, -0.2) is 0 Å². The summed E-state index contributed by atoms with van der Waals surface area (Å²) in [5.74, 6) is 0. The maximum Gasteiger partial charge on any atom is 0.0613 e. The zero-order valence-electron chi connectivity index (χ0n) is 10.9. The molecule has 1 N–H and O–H groups in total. The monoisotopic (exact) mass is 225 g/mol. The summed E-state index contributed by atoms with van der Waals surface area (Å²) < 4.78 is 5.18. The van der Waals surface area contributed by atoms with Crippen molar-refractivity contribution in [1.82, 2.24) is 5.32 Å². The van der Waals surface area contributed by atoms with E-state index >= 15 is 0 Å². The molecule has 0 amide bonds. The predicted octanol–water partition coefficient (Wildman–Crippen LogP) is 3.11. The van der Waals surface area contributed by atoms with Crippen LogP contribution in [0.25, 0.3) is 0 Å². The van der Waals surface area contributed by atoms with Gasteiger partial charge in [-0.1, -0.05) is 12.8 Å². The van der Waals surface area contributed by atoms with Crippen LogP contribution in [-0.2, 0) is 4.74 Å². The third-order valence-electron chi connectivity index (χ3n) is 4.65. The Kier molecular flexibility index (Phi) is 4.26. The Hall–Kier alpha value is -0.0800. The maximum absolute atomic E-state index is 5.18. The minimum atomic E-state index is 0.507. The van der Waals surface area contributed by atoms with Crippen LogP contribution in [0.4, 0.5) is 0 Å². The highest BCUT2D eigenvalue weighted by Crippen LogP contribution is 2.48. The highest BCUT2D eigenvalue weighted by Gasteiger charge is 2.37. The fraction of sp³-hybridized carbons (Fsp3) is 1.00. The molecule has 2 aliphatic carbocycles. The molecule has 0 bridgehead atoms. The fourth-order valence-electron chi connectivity index (χ4n) is 3.72. The molecule has 0 aromatic rings. The lowest BCUT2D eigenvalue weighted by Crippen LogP contribution is -2.42. The molecule has 0 aliphatic heterocycles. The standard InChI is InChI=1S/C14H27NO/c1-12(11-16-2)15-13-5-9-14(10-6-13)7-3-4-8-14/h12-13,15H,3-11H2,1-2H3. The van der Waals surface area contributed by atoms with E-state index in [4.69, 9.17) is 4.74 Å². The molecule has 2 fully saturated rings. The molecule has 94 valence electrons. The van der Waals surface area contributed by atoms with Gasteiger partial charge in [0.15, 0.2) is 0 Å². The predicted molar refractivity (Wildman–Crippen MR) is 67.6 cm³/mol. The molecule has 1 atom stereocenters. The van der Waals surface area contributed by atoms with Gasteiger partial charge in [-0.3, -0.25) is 0 Å². The van der Waals surface area contributed by atoms with Crippen molar-refractivity contribution in [2.24, 2.45) is 5.41 Å². The normalized spacial score (nSPS) is 27.4. The Bertz CT molecular complexity index is 201. The number of nitrogens with one attached hydrogen (secondary N) is 1. The summed E-state index contributed by atoms with van der Waals surface area (Å²) in [7, 11) is 1.78. The maximum atomic E-state index is 5.18. The van der Waals surface area contributed by atoms with Crippen LogP contribution in [-0.4, -0.2) is 25.8 Å². The molecule has 2 nitrogen and oxygen atoms in total. The summed E-state index contributed by atoms with van der Waals surface area (Å²) in [6.07, 6.45) is 11.7. The van der Waals surface area contributed by atoms with E-state index in [1.807, 2.05) is 0 Å². The van der Waals surface area contributed by atoms with Gasteiger partial charge in [0.25, 0.3) is 0 Å². The summed E-state index contributed by atoms with van der Waals surface area (Å²) in [5.41, 5.74) is 0.767. The van der Waals surface area contributed by atoms with Crippen molar-refractivity contribution in [2.75, 3.05) is 13.7 Å². The van der Waals surface area contributed by atoms with Crippen molar-refractivity contribution in [3.8, 4) is 0 Å². The van der Waals surface area contributed by atoms with Crippen molar-refractivity contribution >= 4 is 0 Å². The van der Waals surface area contributed by atoms with Gasteiger partial charge in [0, 0.05) is 19.2 Å². The summed E-state index contributed by atoms with van der Waals surface area (Å²) in [5, 5.41) is 3.70. The lowest BCUT2D eigenvalue weighted by Gasteiger charge is -2.38. The van der Waals surface area contributed by atoms with Gasteiger partial charge in [0.05, 0.1) is 6.61 Å². The number of ether oxygens (including phenoxy) is 1. The van der Waals surface area contributed by atoms with Gasteiger partial charge in [-0.15, -0.1) is 0 Å². The second-order valence-corrected chi connectivity index (χ2v) is 6.00. The first kappa shape index (κ1) is 12.4. The van der Waals surface area contributed by atoms with Gasteiger partial charge in [0.1, 0.15) is 0 Å². The molecule has 1 spiro atoms. The van der Waals surface area contributed by atoms with E-state index in [1.54, 1.807) is 7.11 Å². The van der Waals surface area contributed by atoms with Crippen LogP contribution in [0.3, 0.4) is 0 Å². The Balaban J connectivity index is 1.72. The number of rotatable bonds is 4. The molecule has 0 aromatic heterocycles. The minimum absolute atomic E-state index is 0.507. The van der Waals surface area contributed by atoms with Crippen LogP contribution in [0.2, 0.25) is 0 Å². The number of hydrogen-bond donors (Lipinski definition) is 1. The summed E-state index contributed by atoms with van der Waals surface area (Å²) >= 11 is 0. The van der Waals surface area contributed by atoms with E-state index in [0.717, 1.165) is 18.1 Å². The van der Waals surface area contributed by atoms with E-state index in [2.05, 4.69) is 12.2 Å². The molecular weight excluding hydrogens is 198 g/mol. The lowest BCUT2D eigenvalue weighted by atomic mass is 9.71. The topological polar surface area (TPSA) is 21.3 Å². The Morgan fingerprint density at radius 2 is 1.81 bits per heavy atom. The quantitative estimate of drug-likeness (QED) is 0.794. The van der Waals surface area contributed by atoms with Crippen LogP contribution in [0.15, 0.2) is 0 Å². The van der Waals surface area contributed by atoms with Gasteiger partial charge in [-0.2, -0.15) is 0 Å². The fourth-order valence-corrected chi connectivity index (χ4v) is 3.72. The van der Waals surface area contributed by atoms with Gasteiger partial charge < -0.3 is 10.1 Å². The summed E-state index contributed by atoms with van der Waals surface area (Å²) in [6.45, 7) is 3.06. The van der Waals surface area contributed by atoms with E-state index in [9.17, 15) is 0 Å². The lowest BCUT2D eigenvalue weighted by molar-refractivity contribution is 0.136. The molecule has 1 unspecified atom stereocenters. The Labute approximate surface area is 100 Å². The first-order chi connectivity index (χ1) is 7.74. The third-order valence-corrected chi connectivity index (χ3v) is 4.65. The van der Waals surface area contributed by atoms with Crippen molar-refractivity contribution in [1.29, 1.82) is 0 Å². The van der Waals surface area contributed by atoms with Crippen molar-refractivity contribution in [2.45, 2.75) is 70.4 Å². The van der Waals surface area contributed by atoms with Crippen LogP contribution >= 0.6 is 0 Å². The van der Waals surface area contributed by atoms with Crippen molar-refractivity contribution in [3.63, 3.8) is 0 Å².